The summed E-state index contributed by atoms with van der Waals surface area (Å²) in [6.07, 6.45) is 3.75. The minimum atomic E-state index is -3.78. The van der Waals surface area contributed by atoms with Crippen LogP contribution in [0.5, 0.6) is 5.75 Å². The third kappa shape index (κ3) is 4.36. The van der Waals surface area contributed by atoms with Crippen LogP contribution in [0, 0.1) is 6.92 Å². The predicted molar refractivity (Wildman–Crippen MR) is 80.0 cm³/mol. The highest BCUT2D eigenvalue weighted by atomic mass is 35.7. The molecule has 112 valence electrons. The molecule has 2 rings (SSSR count). The summed E-state index contributed by atoms with van der Waals surface area (Å²) in [5, 5.41) is 0. The first kappa shape index (κ1) is 15.6. The molecule has 0 aliphatic carbocycles. The lowest BCUT2D eigenvalue weighted by molar-refractivity contribution is 0.181. The Morgan fingerprint density at radius 3 is 2.60 bits per heavy atom. The van der Waals surface area contributed by atoms with Crippen molar-refractivity contribution in [2.75, 3.05) is 26.2 Å². The summed E-state index contributed by atoms with van der Waals surface area (Å²) in [5.74, 6) is 0.336. The molecule has 1 fully saturated rings. The smallest absolute Gasteiger partial charge is 0.264 e. The van der Waals surface area contributed by atoms with E-state index in [0.29, 0.717) is 12.4 Å². The number of piperidine rings is 1. The zero-order valence-electron chi connectivity index (χ0n) is 11.6. The highest BCUT2D eigenvalue weighted by molar-refractivity contribution is 8.13. The van der Waals surface area contributed by atoms with Gasteiger partial charge in [0.2, 0.25) is 0 Å². The Balaban J connectivity index is 1.98. The average Bonchev–Trinajstić information content (AvgIpc) is 2.40. The topological polar surface area (TPSA) is 46.6 Å². The molecule has 0 N–H and O–H groups in total. The first-order chi connectivity index (χ1) is 9.47. The molecule has 0 amide bonds. The number of hydrogen-bond acceptors (Lipinski definition) is 4. The Bertz CT molecular complexity index is 554. The number of halogens is 1. The molecule has 0 aromatic heterocycles. The summed E-state index contributed by atoms with van der Waals surface area (Å²) in [5.41, 5.74) is 0.840. The first-order valence-electron chi connectivity index (χ1n) is 6.87. The Morgan fingerprint density at radius 1 is 1.25 bits per heavy atom. The Labute approximate surface area is 125 Å². The third-order valence-corrected chi connectivity index (χ3v) is 4.82. The summed E-state index contributed by atoms with van der Waals surface area (Å²) < 4.78 is 28.7. The van der Waals surface area contributed by atoms with Crippen LogP contribution in [0.3, 0.4) is 0 Å². The highest BCUT2D eigenvalue weighted by Crippen LogP contribution is 2.28. The van der Waals surface area contributed by atoms with Crippen molar-refractivity contribution in [2.24, 2.45) is 0 Å². The van der Waals surface area contributed by atoms with E-state index < -0.39 is 9.05 Å². The summed E-state index contributed by atoms with van der Waals surface area (Å²) >= 11 is 0. The molecule has 0 saturated carbocycles. The fourth-order valence-corrected chi connectivity index (χ4v) is 3.45. The zero-order valence-corrected chi connectivity index (χ0v) is 13.2. The van der Waals surface area contributed by atoms with Gasteiger partial charge in [-0.25, -0.2) is 8.42 Å². The fourth-order valence-electron chi connectivity index (χ4n) is 2.39. The van der Waals surface area contributed by atoms with Gasteiger partial charge in [-0.3, -0.25) is 4.90 Å². The Hall–Kier alpha value is -0.780. The molecular formula is C14H20ClNO3S. The van der Waals surface area contributed by atoms with Crippen LogP contribution >= 0.6 is 10.7 Å². The van der Waals surface area contributed by atoms with E-state index in [0.717, 1.165) is 25.2 Å². The second-order valence-electron chi connectivity index (χ2n) is 5.14. The van der Waals surface area contributed by atoms with Gasteiger partial charge in [-0.05, 0) is 50.6 Å². The summed E-state index contributed by atoms with van der Waals surface area (Å²) in [7, 11) is 1.67. The third-order valence-electron chi connectivity index (χ3n) is 3.48. The van der Waals surface area contributed by atoms with Gasteiger partial charge in [0.15, 0.2) is 0 Å². The Morgan fingerprint density at radius 2 is 1.95 bits per heavy atom. The largest absolute Gasteiger partial charge is 0.491 e. The maximum absolute atomic E-state index is 11.5. The lowest BCUT2D eigenvalue weighted by atomic mass is 10.1. The van der Waals surface area contributed by atoms with E-state index in [9.17, 15) is 8.42 Å². The minimum Gasteiger partial charge on any atom is -0.491 e. The van der Waals surface area contributed by atoms with Gasteiger partial charge in [0.05, 0.1) is 0 Å². The molecule has 6 heteroatoms. The lowest BCUT2D eigenvalue weighted by Gasteiger charge is -2.26. The molecule has 1 aliphatic rings. The lowest BCUT2D eigenvalue weighted by Crippen LogP contribution is -2.33. The molecule has 1 saturated heterocycles. The van der Waals surface area contributed by atoms with Crippen LogP contribution in [0.25, 0.3) is 0 Å². The molecule has 1 aliphatic heterocycles. The van der Waals surface area contributed by atoms with Gasteiger partial charge in [0, 0.05) is 17.2 Å². The van der Waals surface area contributed by atoms with E-state index in [4.69, 9.17) is 15.4 Å². The van der Waals surface area contributed by atoms with Crippen LogP contribution in [0.4, 0.5) is 0 Å². The molecule has 1 heterocycles. The van der Waals surface area contributed by atoms with Crippen LogP contribution < -0.4 is 4.74 Å². The monoisotopic (exact) mass is 317 g/mol. The first-order valence-corrected chi connectivity index (χ1v) is 9.18. The molecule has 0 unspecified atom stereocenters. The number of rotatable bonds is 5. The van der Waals surface area contributed by atoms with Crippen molar-refractivity contribution in [3.05, 3.63) is 23.8 Å². The molecule has 0 atom stereocenters. The number of hydrogen-bond donors (Lipinski definition) is 0. The van der Waals surface area contributed by atoms with E-state index in [1.807, 2.05) is 13.0 Å². The second kappa shape index (κ2) is 6.78. The average molecular weight is 318 g/mol. The molecule has 1 aromatic carbocycles. The zero-order chi connectivity index (χ0) is 14.6. The number of benzene rings is 1. The molecular weight excluding hydrogens is 298 g/mol. The standard InChI is InChI=1S/C14H20ClNO3S/c1-12-5-6-13(14(11-12)20(15,17)18)19-10-9-16-7-3-2-4-8-16/h5-6,11H,2-4,7-10H2,1H3. The number of likely N-dealkylation sites (tertiary alicyclic amines) is 1. The fraction of sp³-hybridized carbons (Fsp3) is 0.571. The van der Waals surface area contributed by atoms with Gasteiger partial charge in [0.1, 0.15) is 17.3 Å². The van der Waals surface area contributed by atoms with Gasteiger partial charge >= 0.3 is 0 Å². The SMILES string of the molecule is Cc1ccc(OCCN2CCCCC2)c(S(=O)(=O)Cl)c1. The van der Waals surface area contributed by atoms with Crippen LogP contribution in [0.2, 0.25) is 0 Å². The van der Waals surface area contributed by atoms with Gasteiger partial charge in [-0.15, -0.1) is 0 Å². The van der Waals surface area contributed by atoms with Crippen molar-refractivity contribution in [1.82, 2.24) is 4.90 Å². The quantitative estimate of drug-likeness (QED) is 0.783. The summed E-state index contributed by atoms with van der Waals surface area (Å²) in [4.78, 5) is 2.39. The van der Waals surface area contributed by atoms with E-state index >= 15 is 0 Å². The molecule has 0 bridgehead atoms. The highest BCUT2D eigenvalue weighted by Gasteiger charge is 2.17. The van der Waals surface area contributed by atoms with Gasteiger partial charge in [-0.1, -0.05) is 12.5 Å². The number of ether oxygens (including phenoxy) is 1. The number of aryl methyl sites for hydroxylation is 1. The molecule has 4 nitrogen and oxygen atoms in total. The number of nitrogens with zero attached hydrogens (tertiary/aromatic N) is 1. The molecule has 0 radical (unpaired) electrons. The van der Waals surface area contributed by atoms with Crippen molar-refractivity contribution in [3.8, 4) is 5.75 Å². The van der Waals surface area contributed by atoms with Crippen molar-refractivity contribution < 1.29 is 13.2 Å². The van der Waals surface area contributed by atoms with E-state index in [1.54, 1.807) is 12.1 Å². The summed E-state index contributed by atoms with van der Waals surface area (Å²) in [6.45, 7) is 5.30. The van der Waals surface area contributed by atoms with Crippen molar-refractivity contribution in [3.63, 3.8) is 0 Å². The normalized spacial score (nSPS) is 17.1. The van der Waals surface area contributed by atoms with Crippen LogP contribution in [-0.2, 0) is 9.05 Å². The predicted octanol–water partition coefficient (Wildman–Crippen LogP) is 2.79. The summed E-state index contributed by atoms with van der Waals surface area (Å²) in [6, 6.07) is 5.03. The Kier molecular flexibility index (Phi) is 5.29. The van der Waals surface area contributed by atoms with Crippen LogP contribution in [0.1, 0.15) is 24.8 Å². The molecule has 1 aromatic rings. The molecule has 0 spiro atoms. The van der Waals surface area contributed by atoms with Crippen LogP contribution in [0.15, 0.2) is 23.1 Å². The van der Waals surface area contributed by atoms with E-state index in [2.05, 4.69) is 4.90 Å². The van der Waals surface area contributed by atoms with Crippen molar-refractivity contribution >= 4 is 19.7 Å². The minimum absolute atomic E-state index is 0.0535. The maximum atomic E-state index is 11.5. The van der Waals surface area contributed by atoms with Gasteiger partial charge < -0.3 is 4.74 Å². The van der Waals surface area contributed by atoms with Crippen LogP contribution in [-0.4, -0.2) is 39.6 Å². The van der Waals surface area contributed by atoms with Gasteiger partial charge in [-0.2, -0.15) is 0 Å². The van der Waals surface area contributed by atoms with Gasteiger partial charge in [0.25, 0.3) is 9.05 Å². The van der Waals surface area contributed by atoms with Crippen molar-refractivity contribution in [2.45, 2.75) is 31.1 Å². The van der Waals surface area contributed by atoms with Crippen molar-refractivity contribution in [1.29, 1.82) is 0 Å². The molecule has 20 heavy (non-hydrogen) atoms. The second-order valence-corrected chi connectivity index (χ2v) is 7.67. The van der Waals surface area contributed by atoms with E-state index in [-0.39, 0.29) is 4.90 Å². The van der Waals surface area contributed by atoms with E-state index in [1.165, 1.54) is 19.3 Å². The maximum Gasteiger partial charge on any atom is 0.264 e.